The lowest BCUT2D eigenvalue weighted by molar-refractivity contribution is -0.146. The molecular formula is C19H25NO5. The quantitative estimate of drug-likeness (QED) is 0.850. The van der Waals surface area contributed by atoms with Crippen LogP contribution in [0.1, 0.15) is 44.7 Å². The van der Waals surface area contributed by atoms with E-state index in [2.05, 4.69) is 0 Å². The maximum absolute atomic E-state index is 12.6. The van der Waals surface area contributed by atoms with Crippen LogP contribution >= 0.6 is 0 Å². The van der Waals surface area contributed by atoms with Crippen molar-refractivity contribution in [2.45, 2.75) is 51.9 Å². The number of aliphatic hydroxyl groups excluding tert-OH is 1. The van der Waals surface area contributed by atoms with Crippen LogP contribution in [0.4, 0.5) is 4.79 Å². The van der Waals surface area contributed by atoms with E-state index in [1.165, 1.54) is 12.0 Å². The predicted octanol–water partition coefficient (Wildman–Crippen LogP) is 3.09. The average Bonchev–Trinajstić information content (AvgIpc) is 2.59. The SMILES string of the molecule is COC(=O)[C@@H]1CCC(c2cccc(CO)c2)=CN1C(=O)OC(C)(C)C. The first-order chi connectivity index (χ1) is 11.7. The van der Waals surface area contributed by atoms with Gasteiger partial charge in [0.05, 0.1) is 13.7 Å². The Bertz CT molecular complexity index is 675. The number of rotatable bonds is 3. The molecule has 1 aromatic carbocycles. The van der Waals surface area contributed by atoms with Crippen LogP contribution in [0.15, 0.2) is 30.5 Å². The maximum atomic E-state index is 12.6. The fraction of sp³-hybridized carbons (Fsp3) is 0.474. The van der Waals surface area contributed by atoms with E-state index < -0.39 is 23.7 Å². The normalized spacial score (nSPS) is 17.7. The smallest absolute Gasteiger partial charge is 0.415 e. The lowest BCUT2D eigenvalue weighted by Gasteiger charge is -2.33. The van der Waals surface area contributed by atoms with Gasteiger partial charge in [0.1, 0.15) is 11.6 Å². The molecule has 0 fully saturated rings. The fourth-order valence-electron chi connectivity index (χ4n) is 2.70. The number of allylic oxidation sites excluding steroid dienone is 1. The van der Waals surface area contributed by atoms with Crippen LogP contribution < -0.4 is 0 Å². The van der Waals surface area contributed by atoms with Gasteiger partial charge in [0.25, 0.3) is 0 Å². The van der Waals surface area contributed by atoms with Gasteiger partial charge in [0.15, 0.2) is 0 Å². The van der Waals surface area contributed by atoms with Crippen LogP contribution in [0.2, 0.25) is 0 Å². The Morgan fingerprint density at radius 3 is 2.64 bits per heavy atom. The summed E-state index contributed by atoms with van der Waals surface area (Å²) in [5.74, 6) is -0.467. The van der Waals surface area contributed by atoms with Gasteiger partial charge in [-0.3, -0.25) is 4.90 Å². The van der Waals surface area contributed by atoms with E-state index >= 15 is 0 Å². The molecule has 0 aromatic heterocycles. The minimum absolute atomic E-state index is 0.0539. The monoisotopic (exact) mass is 347 g/mol. The second-order valence-electron chi connectivity index (χ2n) is 6.98. The van der Waals surface area contributed by atoms with Gasteiger partial charge in [-0.2, -0.15) is 0 Å². The molecule has 6 nitrogen and oxygen atoms in total. The number of aliphatic hydroxyl groups is 1. The van der Waals surface area contributed by atoms with Gasteiger partial charge in [-0.25, -0.2) is 9.59 Å². The summed E-state index contributed by atoms with van der Waals surface area (Å²) >= 11 is 0. The van der Waals surface area contributed by atoms with Gasteiger partial charge in [-0.15, -0.1) is 0 Å². The molecular weight excluding hydrogens is 322 g/mol. The van der Waals surface area contributed by atoms with Crippen molar-refractivity contribution < 1.29 is 24.2 Å². The number of nitrogens with zero attached hydrogens (tertiary/aromatic N) is 1. The highest BCUT2D eigenvalue weighted by atomic mass is 16.6. The highest BCUT2D eigenvalue weighted by Crippen LogP contribution is 2.30. The Labute approximate surface area is 148 Å². The first-order valence-corrected chi connectivity index (χ1v) is 8.25. The maximum Gasteiger partial charge on any atom is 0.415 e. The lowest BCUT2D eigenvalue weighted by Crippen LogP contribution is -2.46. The summed E-state index contributed by atoms with van der Waals surface area (Å²) in [4.78, 5) is 25.9. The zero-order valence-electron chi connectivity index (χ0n) is 15.1. The zero-order valence-corrected chi connectivity index (χ0v) is 15.1. The van der Waals surface area contributed by atoms with Gasteiger partial charge >= 0.3 is 12.1 Å². The number of methoxy groups -OCH3 is 1. The van der Waals surface area contributed by atoms with Gasteiger partial charge in [0, 0.05) is 6.20 Å². The molecule has 1 atom stereocenters. The van der Waals surface area contributed by atoms with Gasteiger partial charge in [-0.05, 0) is 56.4 Å². The molecule has 0 radical (unpaired) electrons. The highest BCUT2D eigenvalue weighted by molar-refractivity contribution is 5.85. The summed E-state index contributed by atoms with van der Waals surface area (Å²) < 4.78 is 10.3. The first-order valence-electron chi connectivity index (χ1n) is 8.25. The van der Waals surface area contributed by atoms with Crippen LogP contribution in [0.25, 0.3) is 5.57 Å². The Morgan fingerprint density at radius 1 is 1.32 bits per heavy atom. The van der Waals surface area contributed by atoms with E-state index in [1.54, 1.807) is 27.0 Å². The minimum atomic E-state index is -0.704. The Morgan fingerprint density at radius 2 is 2.04 bits per heavy atom. The zero-order chi connectivity index (χ0) is 18.6. The third-order valence-corrected chi connectivity index (χ3v) is 3.88. The summed E-state index contributed by atoms with van der Waals surface area (Å²) in [7, 11) is 1.31. The summed E-state index contributed by atoms with van der Waals surface area (Å²) in [6, 6.07) is 6.76. The Hall–Kier alpha value is -2.34. The van der Waals surface area contributed by atoms with Crippen molar-refractivity contribution in [3.63, 3.8) is 0 Å². The molecule has 0 unspecified atom stereocenters. The molecule has 1 aliphatic heterocycles. The van der Waals surface area contributed by atoms with E-state index in [4.69, 9.17) is 9.47 Å². The van der Waals surface area contributed by atoms with Crippen LogP contribution in [0, 0.1) is 0 Å². The Balaban J connectivity index is 2.36. The van der Waals surface area contributed by atoms with E-state index in [0.29, 0.717) is 12.8 Å². The number of hydrogen-bond donors (Lipinski definition) is 1. The van der Waals surface area contributed by atoms with Gasteiger partial charge in [-0.1, -0.05) is 18.2 Å². The van der Waals surface area contributed by atoms with Crippen LogP contribution in [-0.2, 0) is 20.9 Å². The summed E-state index contributed by atoms with van der Waals surface area (Å²) in [6.07, 6.45) is 2.13. The molecule has 1 aliphatic rings. The average molecular weight is 347 g/mol. The third kappa shape index (κ3) is 4.82. The molecule has 0 bridgehead atoms. The van der Waals surface area contributed by atoms with E-state index in [0.717, 1.165) is 16.7 Å². The van der Waals surface area contributed by atoms with Crippen molar-refractivity contribution in [1.82, 2.24) is 4.90 Å². The van der Waals surface area contributed by atoms with E-state index in [1.807, 2.05) is 24.3 Å². The van der Waals surface area contributed by atoms with Crippen molar-refractivity contribution in [1.29, 1.82) is 0 Å². The molecule has 6 heteroatoms. The molecule has 0 saturated heterocycles. The number of carbonyl (C=O) groups excluding carboxylic acids is 2. The van der Waals surface area contributed by atoms with Crippen molar-refractivity contribution in [3.05, 3.63) is 41.6 Å². The van der Waals surface area contributed by atoms with Gasteiger partial charge < -0.3 is 14.6 Å². The van der Waals surface area contributed by atoms with Gasteiger partial charge in [0.2, 0.25) is 0 Å². The van der Waals surface area contributed by atoms with Crippen molar-refractivity contribution in [3.8, 4) is 0 Å². The summed E-state index contributed by atoms with van der Waals surface area (Å²) in [6.45, 7) is 5.27. The molecule has 25 heavy (non-hydrogen) atoms. The number of amides is 1. The van der Waals surface area contributed by atoms with E-state index in [-0.39, 0.29) is 6.61 Å². The number of esters is 1. The molecule has 2 rings (SSSR count). The topological polar surface area (TPSA) is 76.1 Å². The number of ether oxygens (including phenoxy) is 2. The third-order valence-electron chi connectivity index (χ3n) is 3.88. The fourth-order valence-corrected chi connectivity index (χ4v) is 2.70. The Kier molecular flexibility index (Phi) is 5.85. The van der Waals surface area contributed by atoms with Crippen molar-refractivity contribution in [2.75, 3.05) is 7.11 Å². The predicted molar refractivity (Wildman–Crippen MR) is 93.5 cm³/mol. The lowest BCUT2D eigenvalue weighted by atomic mass is 9.94. The van der Waals surface area contributed by atoms with E-state index in [9.17, 15) is 14.7 Å². The molecule has 0 saturated carbocycles. The molecule has 0 spiro atoms. The standard InChI is InChI=1S/C19H25NO5/c1-19(2,3)25-18(23)20-11-15(8-9-16(20)17(22)24-4)14-7-5-6-13(10-14)12-21/h5-7,10-11,16,21H,8-9,12H2,1-4H3/t16-/m0/s1. The first kappa shape index (κ1) is 19.0. The second kappa shape index (κ2) is 7.70. The number of hydrogen-bond acceptors (Lipinski definition) is 5. The minimum Gasteiger partial charge on any atom is -0.467 e. The second-order valence-corrected chi connectivity index (χ2v) is 6.98. The van der Waals surface area contributed by atoms with Crippen molar-refractivity contribution >= 4 is 17.6 Å². The van der Waals surface area contributed by atoms with Crippen LogP contribution in [0.5, 0.6) is 0 Å². The number of carbonyl (C=O) groups is 2. The summed E-state index contributed by atoms with van der Waals surface area (Å²) in [5, 5.41) is 9.31. The molecule has 0 aliphatic carbocycles. The molecule has 1 amide bonds. The number of benzene rings is 1. The molecule has 136 valence electrons. The molecule has 1 N–H and O–H groups in total. The summed E-state index contributed by atoms with van der Waals surface area (Å²) in [5.41, 5.74) is 1.93. The van der Waals surface area contributed by atoms with Crippen LogP contribution in [-0.4, -0.2) is 40.8 Å². The molecule has 1 heterocycles. The molecule has 1 aromatic rings. The largest absolute Gasteiger partial charge is 0.467 e. The highest BCUT2D eigenvalue weighted by Gasteiger charge is 2.35. The van der Waals surface area contributed by atoms with Crippen molar-refractivity contribution in [2.24, 2.45) is 0 Å². The van der Waals surface area contributed by atoms with Crippen LogP contribution in [0.3, 0.4) is 0 Å².